The standard InChI is InChI=1S/C16H27N3O/c1-7-8-9-20-14-11-17-15(12(2)3)19-13(14)10-18-16(4,5)6/h7-8,11-12,18H,9-10H2,1-6H3. The van der Waals surface area contributed by atoms with E-state index in [9.17, 15) is 0 Å². The second kappa shape index (κ2) is 7.39. The Morgan fingerprint density at radius 2 is 2.05 bits per heavy atom. The van der Waals surface area contributed by atoms with Gasteiger partial charge in [0.1, 0.15) is 12.4 Å². The zero-order valence-electron chi connectivity index (χ0n) is 13.5. The average Bonchev–Trinajstić information content (AvgIpc) is 2.36. The van der Waals surface area contributed by atoms with Crippen LogP contribution in [0.2, 0.25) is 0 Å². The van der Waals surface area contributed by atoms with Gasteiger partial charge in [-0.3, -0.25) is 0 Å². The molecule has 0 saturated heterocycles. The lowest BCUT2D eigenvalue weighted by atomic mass is 10.1. The van der Waals surface area contributed by atoms with Crippen LogP contribution < -0.4 is 10.1 Å². The van der Waals surface area contributed by atoms with Gasteiger partial charge >= 0.3 is 0 Å². The number of aromatic nitrogens is 2. The molecule has 1 rings (SSSR count). The molecule has 0 aliphatic heterocycles. The van der Waals surface area contributed by atoms with E-state index >= 15 is 0 Å². The SMILES string of the molecule is CC=CCOc1cnc(C(C)C)nc1CNC(C)(C)C. The van der Waals surface area contributed by atoms with Crippen molar-refractivity contribution in [3.63, 3.8) is 0 Å². The van der Waals surface area contributed by atoms with E-state index in [-0.39, 0.29) is 5.54 Å². The molecule has 0 aliphatic rings. The predicted molar refractivity (Wildman–Crippen MR) is 83.0 cm³/mol. The van der Waals surface area contributed by atoms with Crippen molar-refractivity contribution in [1.29, 1.82) is 0 Å². The van der Waals surface area contributed by atoms with E-state index in [0.717, 1.165) is 17.3 Å². The van der Waals surface area contributed by atoms with Gasteiger partial charge in [-0.2, -0.15) is 0 Å². The quantitative estimate of drug-likeness (QED) is 0.809. The predicted octanol–water partition coefficient (Wildman–Crippen LogP) is 3.44. The van der Waals surface area contributed by atoms with Crippen LogP contribution in [-0.2, 0) is 6.54 Å². The van der Waals surface area contributed by atoms with E-state index in [4.69, 9.17) is 4.74 Å². The highest BCUT2D eigenvalue weighted by Crippen LogP contribution is 2.19. The normalized spacial score (nSPS) is 12.3. The highest BCUT2D eigenvalue weighted by Gasteiger charge is 2.14. The molecular weight excluding hydrogens is 250 g/mol. The van der Waals surface area contributed by atoms with Gasteiger partial charge in [0.2, 0.25) is 0 Å². The summed E-state index contributed by atoms with van der Waals surface area (Å²) in [6.07, 6.45) is 5.72. The minimum absolute atomic E-state index is 0.0452. The molecule has 0 aliphatic carbocycles. The molecule has 20 heavy (non-hydrogen) atoms. The van der Waals surface area contributed by atoms with Gasteiger partial charge in [-0.1, -0.05) is 26.0 Å². The first-order valence-corrected chi connectivity index (χ1v) is 7.18. The fraction of sp³-hybridized carbons (Fsp3) is 0.625. The van der Waals surface area contributed by atoms with Crippen LogP contribution in [0.4, 0.5) is 0 Å². The van der Waals surface area contributed by atoms with Gasteiger partial charge in [0.15, 0.2) is 5.75 Å². The first kappa shape index (κ1) is 16.6. The largest absolute Gasteiger partial charge is 0.486 e. The van der Waals surface area contributed by atoms with E-state index in [1.54, 1.807) is 6.20 Å². The summed E-state index contributed by atoms with van der Waals surface area (Å²) in [7, 11) is 0. The second-order valence-corrected chi connectivity index (χ2v) is 6.18. The Balaban J connectivity index is 2.90. The molecule has 112 valence electrons. The Hall–Kier alpha value is -1.42. The Bertz CT molecular complexity index is 448. The zero-order chi connectivity index (χ0) is 15.2. The molecular formula is C16H27N3O. The third-order valence-corrected chi connectivity index (χ3v) is 2.72. The van der Waals surface area contributed by atoms with Gasteiger partial charge in [-0.15, -0.1) is 0 Å². The lowest BCUT2D eigenvalue weighted by Crippen LogP contribution is -2.35. The number of rotatable bonds is 6. The summed E-state index contributed by atoms with van der Waals surface area (Å²) in [5.41, 5.74) is 0.965. The summed E-state index contributed by atoms with van der Waals surface area (Å²) in [4.78, 5) is 9.01. The molecule has 0 fully saturated rings. The first-order valence-electron chi connectivity index (χ1n) is 7.18. The average molecular weight is 277 g/mol. The highest BCUT2D eigenvalue weighted by molar-refractivity contribution is 5.25. The topological polar surface area (TPSA) is 47.0 Å². The van der Waals surface area contributed by atoms with E-state index < -0.39 is 0 Å². The Morgan fingerprint density at radius 1 is 1.35 bits per heavy atom. The van der Waals surface area contributed by atoms with Gasteiger partial charge in [0, 0.05) is 18.0 Å². The Labute approximate surface area is 122 Å². The minimum Gasteiger partial charge on any atom is -0.486 e. The molecule has 0 radical (unpaired) electrons. The van der Waals surface area contributed by atoms with Crippen molar-refractivity contribution in [2.75, 3.05) is 6.61 Å². The van der Waals surface area contributed by atoms with Crippen LogP contribution >= 0.6 is 0 Å². The molecule has 1 aromatic rings. The molecule has 1 heterocycles. The van der Waals surface area contributed by atoms with Crippen molar-refractivity contribution < 1.29 is 4.74 Å². The van der Waals surface area contributed by atoms with Crippen LogP contribution in [0.25, 0.3) is 0 Å². The molecule has 0 aromatic carbocycles. The van der Waals surface area contributed by atoms with Crippen molar-refractivity contribution in [2.45, 2.75) is 59.5 Å². The number of allylic oxidation sites excluding steroid dienone is 1. The number of nitrogens with zero attached hydrogens (tertiary/aromatic N) is 2. The maximum atomic E-state index is 5.73. The van der Waals surface area contributed by atoms with E-state index in [1.165, 1.54) is 0 Å². The lowest BCUT2D eigenvalue weighted by molar-refractivity contribution is 0.346. The van der Waals surface area contributed by atoms with Crippen LogP contribution in [0.15, 0.2) is 18.3 Å². The zero-order valence-corrected chi connectivity index (χ0v) is 13.5. The van der Waals surface area contributed by atoms with Gasteiger partial charge in [-0.05, 0) is 27.7 Å². The fourth-order valence-electron chi connectivity index (χ4n) is 1.53. The van der Waals surface area contributed by atoms with Crippen LogP contribution in [0.5, 0.6) is 5.75 Å². The minimum atomic E-state index is 0.0452. The first-order chi connectivity index (χ1) is 9.33. The molecule has 0 spiro atoms. The summed E-state index contributed by atoms with van der Waals surface area (Å²) in [5.74, 6) is 1.92. The van der Waals surface area contributed by atoms with E-state index in [1.807, 2.05) is 19.1 Å². The number of hydrogen-bond donors (Lipinski definition) is 1. The van der Waals surface area contributed by atoms with E-state index in [0.29, 0.717) is 19.1 Å². The van der Waals surface area contributed by atoms with Gasteiger partial charge in [0.05, 0.1) is 11.9 Å². The Morgan fingerprint density at radius 3 is 2.60 bits per heavy atom. The highest BCUT2D eigenvalue weighted by atomic mass is 16.5. The summed E-state index contributed by atoms with van der Waals surface area (Å²) in [6, 6.07) is 0. The molecule has 4 heteroatoms. The molecule has 0 amide bonds. The van der Waals surface area contributed by atoms with Gasteiger partial charge in [0.25, 0.3) is 0 Å². The third kappa shape index (κ3) is 5.70. The molecule has 0 bridgehead atoms. The smallest absolute Gasteiger partial charge is 0.160 e. The van der Waals surface area contributed by atoms with Crippen molar-refractivity contribution in [1.82, 2.24) is 15.3 Å². The van der Waals surface area contributed by atoms with Crippen molar-refractivity contribution >= 4 is 0 Å². The summed E-state index contributed by atoms with van der Waals surface area (Å²) in [6.45, 7) is 13.8. The van der Waals surface area contributed by atoms with E-state index in [2.05, 4.69) is 49.9 Å². The monoisotopic (exact) mass is 277 g/mol. The van der Waals surface area contributed by atoms with Crippen LogP contribution in [0.1, 0.15) is 59.0 Å². The van der Waals surface area contributed by atoms with Crippen molar-refractivity contribution in [3.8, 4) is 5.75 Å². The molecule has 0 saturated carbocycles. The summed E-state index contributed by atoms with van der Waals surface area (Å²) >= 11 is 0. The fourth-order valence-corrected chi connectivity index (χ4v) is 1.53. The molecule has 4 nitrogen and oxygen atoms in total. The van der Waals surface area contributed by atoms with Crippen LogP contribution in [0.3, 0.4) is 0 Å². The van der Waals surface area contributed by atoms with Crippen molar-refractivity contribution in [3.05, 3.63) is 29.9 Å². The lowest BCUT2D eigenvalue weighted by Gasteiger charge is -2.21. The molecule has 1 N–H and O–H groups in total. The van der Waals surface area contributed by atoms with Crippen LogP contribution in [0, 0.1) is 0 Å². The molecule has 0 atom stereocenters. The number of nitrogens with one attached hydrogen (secondary N) is 1. The summed E-state index contributed by atoms with van der Waals surface area (Å²) in [5, 5.41) is 3.45. The van der Waals surface area contributed by atoms with Crippen LogP contribution in [-0.4, -0.2) is 22.1 Å². The third-order valence-electron chi connectivity index (χ3n) is 2.72. The molecule has 0 unspecified atom stereocenters. The number of ether oxygens (including phenoxy) is 1. The maximum Gasteiger partial charge on any atom is 0.160 e. The van der Waals surface area contributed by atoms with Gasteiger partial charge in [-0.25, -0.2) is 9.97 Å². The Kier molecular flexibility index (Phi) is 6.14. The number of hydrogen-bond acceptors (Lipinski definition) is 4. The maximum absolute atomic E-state index is 5.73. The summed E-state index contributed by atoms with van der Waals surface area (Å²) < 4.78 is 5.73. The second-order valence-electron chi connectivity index (χ2n) is 6.18. The van der Waals surface area contributed by atoms with Gasteiger partial charge < -0.3 is 10.1 Å². The molecule has 1 aromatic heterocycles. The van der Waals surface area contributed by atoms with Crippen molar-refractivity contribution in [2.24, 2.45) is 0 Å².